The zero-order valence-corrected chi connectivity index (χ0v) is 8.90. The number of carbonyl (C=O) groups is 1. The summed E-state index contributed by atoms with van der Waals surface area (Å²) in [6, 6.07) is 7.59. The molecule has 0 unspecified atom stereocenters. The molecule has 0 heterocycles. The number of ether oxygens (including phenoxy) is 1. The van der Waals surface area contributed by atoms with Crippen LogP contribution in [0.25, 0.3) is 0 Å². The van der Waals surface area contributed by atoms with Gasteiger partial charge in [0.15, 0.2) is 0 Å². The molecule has 1 N–H and O–H groups in total. The van der Waals surface area contributed by atoms with Gasteiger partial charge in [-0.3, -0.25) is 4.79 Å². The molecular formula is C12H16O3. The third kappa shape index (κ3) is 4.02. The summed E-state index contributed by atoms with van der Waals surface area (Å²) >= 11 is 0. The van der Waals surface area contributed by atoms with Gasteiger partial charge in [0.05, 0.1) is 6.61 Å². The molecule has 1 aromatic rings. The van der Waals surface area contributed by atoms with Crippen molar-refractivity contribution < 1.29 is 14.6 Å². The number of aliphatic carboxylic acids is 1. The average molecular weight is 208 g/mol. The second kappa shape index (κ2) is 6.06. The van der Waals surface area contributed by atoms with Crippen molar-refractivity contribution in [1.82, 2.24) is 0 Å². The SMILES string of the molecule is CCCOc1ccccc1CCC(=O)O. The molecular weight excluding hydrogens is 192 g/mol. The number of para-hydroxylation sites is 1. The first-order valence-electron chi connectivity index (χ1n) is 5.16. The smallest absolute Gasteiger partial charge is 0.303 e. The van der Waals surface area contributed by atoms with Crippen LogP contribution in [0.1, 0.15) is 25.3 Å². The molecule has 1 rings (SSSR count). The Morgan fingerprint density at radius 3 is 2.80 bits per heavy atom. The van der Waals surface area contributed by atoms with Crippen LogP contribution in [0.5, 0.6) is 5.75 Å². The van der Waals surface area contributed by atoms with E-state index in [1.54, 1.807) is 0 Å². The maximum absolute atomic E-state index is 10.5. The molecule has 0 atom stereocenters. The summed E-state index contributed by atoms with van der Waals surface area (Å²) in [5.74, 6) is 0.0286. The number of carboxylic acid groups (broad SMARTS) is 1. The molecule has 0 aliphatic rings. The molecule has 0 aromatic heterocycles. The van der Waals surface area contributed by atoms with Crippen molar-refractivity contribution >= 4 is 5.97 Å². The van der Waals surface area contributed by atoms with E-state index in [0.29, 0.717) is 13.0 Å². The highest BCUT2D eigenvalue weighted by atomic mass is 16.5. The Hall–Kier alpha value is -1.51. The van der Waals surface area contributed by atoms with Gasteiger partial charge in [0.25, 0.3) is 0 Å². The Morgan fingerprint density at radius 2 is 2.13 bits per heavy atom. The zero-order valence-electron chi connectivity index (χ0n) is 8.90. The van der Waals surface area contributed by atoms with Crippen LogP contribution in [-0.4, -0.2) is 17.7 Å². The van der Waals surface area contributed by atoms with Crippen LogP contribution in [-0.2, 0) is 11.2 Å². The number of rotatable bonds is 6. The van der Waals surface area contributed by atoms with Crippen LogP contribution in [0.4, 0.5) is 0 Å². The Balaban J connectivity index is 2.63. The molecule has 3 heteroatoms. The highest BCUT2D eigenvalue weighted by Crippen LogP contribution is 2.19. The molecule has 0 bridgehead atoms. The van der Waals surface area contributed by atoms with Gasteiger partial charge in [-0.2, -0.15) is 0 Å². The summed E-state index contributed by atoms with van der Waals surface area (Å²) < 4.78 is 5.53. The molecule has 0 saturated heterocycles. The second-order valence-electron chi connectivity index (χ2n) is 3.35. The first-order valence-corrected chi connectivity index (χ1v) is 5.16. The summed E-state index contributed by atoms with van der Waals surface area (Å²) in [6.45, 7) is 2.71. The third-order valence-corrected chi connectivity index (χ3v) is 2.04. The minimum Gasteiger partial charge on any atom is -0.493 e. The molecule has 3 nitrogen and oxygen atoms in total. The molecule has 0 aliphatic carbocycles. The maximum Gasteiger partial charge on any atom is 0.303 e. The average Bonchev–Trinajstić information content (AvgIpc) is 2.24. The van der Waals surface area contributed by atoms with Gasteiger partial charge in [0.2, 0.25) is 0 Å². The van der Waals surface area contributed by atoms with Crippen LogP contribution in [0, 0.1) is 0 Å². The lowest BCUT2D eigenvalue weighted by atomic mass is 10.1. The molecule has 1 aromatic carbocycles. The van der Waals surface area contributed by atoms with Crippen LogP contribution < -0.4 is 4.74 Å². The Kier molecular flexibility index (Phi) is 4.68. The lowest BCUT2D eigenvalue weighted by Crippen LogP contribution is -2.02. The van der Waals surface area contributed by atoms with E-state index in [1.165, 1.54) is 0 Å². The van der Waals surface area contributed by atoms with Crippen molar-refractivity contribution in [3.63, 3.8) is 0 Å². The van der Waals surface area contributed by atoms with Crippen molar-refractivity contribution in [2.45, 2.75) is 26.2 Å². The fourth-order valence-corrected chi connectivity index (χ4v) is 1.30. The Morgan fingerprint density at radius 1 is 1.40 bits per heavy atom. The van der Waals surface area contributed by atoms with E-state index < -0.39 is 5.97 Å². The minimum absolute atomic E-state index is 0.145. The number of aryl methyl sites for hydroxylation is 1. The van der Waals surface area contributed by atoms with Crippen LogP contribution >= 0.6 is 0 Å². The quantitative estimate of drug-likeness (QED) is 0.781. The summed E-state index contributed by atoms with van der Waals surface area (Å²) in [6.07, 6.45) is 1.62. The van der Waals surface area contributed by atoms with Crippen molar-refractivity contribution in [3.8, 4) is 5.75 Å². The van der Waals surface area contributed by atoms with Gasteiger partial charge in [-0.25, -0.2) is 0 Å². The number of hydrogen-bond donors (Lipinski definition) is 1. The Bertz CT molecular complexity index is 320. The van der Waals surface area contributed by atoms with Crippen molar-refractivity contribution in [2.75, 3.05) is 6.61 Å². The van der Waals surface area contributed by atoms with Gasteiger partial charge in [-0.05, 0) is 24.5 Å². The zero-order chi connectivity index (χ0) is 11.1. The molecule has 82 valence electrons. The summed E-state index contributed by atoms with van der Waals surface area (Å²) in [7, 11) is 0. The van der Waals surface area contributed by atoms with E-state index in [4.69, 9.17) is 9.84 Å². The van der Waals surface area contributed by atoms with E-state index in [9.17, 15) is 4.79 Å². The van der Waals surface area contributed by atoms with Crippen LogP contribution in [0.15, 0.2) is 24.3 Å². The summed E-state index contributed by atoms with van der Waals surface area (Å²) in [5.41, 5.74) is 0.966. The first kappa shape index (κ1) is 11.6. The van der Waals surface area contributed by atoms with Gasteiger partial charge in [0.1, 0.15) is 5.75 Å². The predicted molar refractivity (Wildman–Crippen MR) is 58.2 cm³/mol. The molecule has 15 heavy (non-hydrogen) atoms. The first-order chi connectivity index (χ1) is 7.24. The van der Waals surface area contributed by atoms with E-state index in [0.717, 1.165) is 17.7 Å². The fraction of sp³-hybridized carbons (Fsp3) is 0.417. The monoisotopic (exact) mass is 208 g/mol. The van der Waals surface area contributed by atoms with E-state index in [-0.39, 0.29) is 6.42 Å². The molecule has 0 amide bonds. The van der Waals surface area contributed by atoms with E-state index >= 15 is 0 Å². The largest absolute Gasteiger partial charge is 0.493 e. The molecule has 0 fully saturated rings. The standard InChI is InChI=1S/C12H16O3/c1-2-9-15-11-6-4-3-5-10(11)7-8-12(13)14/h3-6H,2,7-9H2,1H3,(H,13,14). The predicted octanol–water partition coefficient (Wildman–Crippen LogP) is 2.49. The van der Waals surface area contributed by atoms with E-state index in [1.807, 2.05) is 31.2 Å². The van der Waals surface area contributed by atoms with Crippen molar-refractivity contribution in [3.05, 3.63) is 29.8 Å². The summed E-state index contributed by atoms with van der Waals surface area (Å²) in [4.78, 5) is 10.5. The van der Waals surface area contributed by atoms with E-state index in [2.05, 4.69) is 0 Å². The third-order valence-electron chi connectivity index (χ3n) is 2.04. The van der Waals surface area contributed by atoms with Gasteiger partial charge in [-0.1, -0.05) is 25.1 Å². The van der Waals surface area contributed by atoms with Gasteiger partial charge >= 0.3 is 5.97 Å². The van der Waals surface area contributed by atoms with Crippen molar-refractivity contribution in [1.29, 1.82) is 0 Å². The normalized spacial score (nSPS) is 9.93. The molecule has 0 saturated carbocycles. The fourth-order valence-electron chi connectivity index (χ4n) is 1.30. The van der Waals surface area contributed by atoms with Gasteiger partial charge in [-0.15, -0.1) is 0 Å². The van der Waals surface area contributed by atoms with Crippen LogP contribution in [0.2, 0.25) is 0 Å². The Labute approximate surface area is 89.7 Å². The second-order valence-corrected chi connectivity index (χ2v) is 3.35. The van der Waals surface area contributed by atoms with Crippen molar-refractivity contribution in [2.24, 2.45) is 0 Å². The molecule has 0 aliphatic heterocycles. The maximum atomic E-state index is 10.5. The molecule has 0 spiro atoms. The topological polar surface area (TPSA) is 46.5 Å². The summed E-state index contributed by atoms with van der Waals surface area (Å²) in [5, 5.41) is 8.60. The lowest BCUT2D eigenvalue weighted by molar-refractivity contribution is -0.136. The lowest BCUT2D eigenvalue weighted by Gasteiger charge is -2.09. The van der Waals surface area contributed by atoms with Gasteiger partial charge < -0.3 is 9.84 Å². The minimum atomic E-state index is -0.778. The number of carboxylic acids is 1. The number of benzene rings is 1. The number of hydrogen-bond acceptors (Lipinski definition) is 2. The van der Waals surface area contributed by atoms with Gasteiger partial charge in [0, 0.05) is 6.42 Å². The molecule has 0 radical (unpaired) electrons. The highest BCUT2D eigenvalue weighted by molar-refractivity contribution is 5.67. The van der Waals surface area contributed by atoms with Crippen LogP contribution in [0.3, 0.4) is 0 Å². The highest BCUT2D eigenvalue weighted by Gasteiger charge is 2.04.